The maximum absolute atomic E-state index is 11.5. The van der Waals surface area contributed by atoms with Crippen LogP contribution in [0.1, 0.15) is 19.3 Å². The van der Waals surface area contributed by atoms with Gasteiger partial charge >= 0.3 is 6.03 Å². The first-order valence-electron chi connectivity index (χ1n) is 5.57. The van der Waals surface area contributed by atoms with E-state index in [1.807, 2.05) is 0 Å². The van der Waals surface area contributed by atoms with Crippen molar-refractivity contribution in [3.8, 4) is 0 Å². The molecule has 2 saturated heterocycles. The number of amides is 3. The highest BCUT2D eigenvalue weighted by Crippen LogP contribution is 2.11. The molecule has 0 radical (unpaired) electrons. The molecule has 5 nitrogen and oxygen atoms in total. The summed E-state index contributed by atoms with van der Waals surface area (Å²) in [6.07, 6.45) is 3.74. The number of carbonyl (C=O) groups excluding carboxylic acids is 2. The van der Waals surface area contributed by atoms with Gasteiger partial charge in [0.15, 0.2) is 0 Å². The monoisotopic (exact) mass is 211 g/mol. The molecule has 2 rings (SSSR count). The van der Waals surface area contributed by atoms with Gasteiger partial charge in [0, 0.05) is 13.1 Å². The number of hydrogen-bond donors (Lipinski definition) is 2. The van der Waals surface area contributed by atoms with Gasteiger partial charge in [-0.3, -0.25) is 10.1 Å². The molecule has 0 aliphatic carbocycles. The summed E-state index contributed by atoms with van der Waals surface area (Å²) in [6.45, 7) is 3.41. The van der Waals surface area contributed by atoms with Crippen LogP contribution in [0.15, 0.2) is 0 Å². The van der Waals surface area contributed by atoms with Crippen molar-refractivity contribution in [3.05, 3.63) is 0 Å². The molecule has 0 aromatic heterocycles. The molecule has 1 atom stereocenters. The van der Waals surface area contributed by atoms with E-state index in [0.29, 0.717) is 6.54 Å². The van der Waals surface area contributed by atoms with Gasteiger partial charge in [0.05, 0.1) is 5.92 Å². The van der Waals surface area contributed by atoms with E-state index in [0.717, 1.165) is 19.6 Å². The van der Waals surface area contributed by atoms with Gasteiger partial charge in [0.25, 0.3) is 0 Å². The number of nitrogens with one attached hydrogen (secondary N) is 2. The summed E-state index contributed by atoms with van der Waals surface area (Å²) >= 11 is 0. The zero-order valence-corrected chi connectivity index (χ0v) is 8.79. The SMILES string of the molecule is O=C1NCC(CN2CCCCC2)C(=O)N1. The van der Waals surface area contributed by atoms with E-state index in [1.165, 1.54) is 19.3 Å². The Kier molecular flexibility index (Phi) is 3.20. The molecule has 2 aliphatic heterocycles. The molecule has 0 bridgehead atoms. The highest BCUT2D eigenvalue weighted by Gasteiger charge is 2.28. The molecule has 84 valence electrons. The predicted octanol–water partition coefficient (Wildman–Crippen LogP) is -0.0721. The van der Waals surface area contributed by atoms with E-state index in [1.54, 1.807) is 0 Å². The number of carbonyl (C=O) groups is 2. The lowest BCUT2D eigenvalue weighted by Gasteiger charge is -2.31. The van der Waals surface area contributed by atoms with Crippen LogP contribution in [0.25, 0.3) is 0 Å². The maximum atomic E-state index is 11.5. The third-order valence-electron chi connectivity index (χ3n) is 3.04. The van der Waals surface area contributed by atoms with E-state index in [-0.39, 0.29) is 17.9 Å². The van der Waals surface area contributed by atoms with Gasteiger partial charge in [-0.2, -0.15) is 0 Å². The normalized spacial score (nSPS) is 28.4. The Morgan fingerprint density at radius 2 is 1.93 bits per heavy atom. The molecule has 2 fully saturated rings. The third kappa shape index (κ3) is 2.68. The number of urea groups is 1. The lowest BCUT2D eigenvalue weighted by atomic mass is 10.0. The van der Waals surface area contributed by atoms with Crippen LogP contribution in [0.2, 0.25) is 0 Å². The van der Waals surface area contributed by atoms with E-state index in [9.17, 15) is 9.59 Å². The van der Waals surface area contributed by atoms with Crippen molar-refractivity contribution in [3.63, 3.8) is 0 Å². The average Bonchev–Trinajstić information content (AvgIpc) is 2.24. The lowest BCUT2D eigenvalue weighted by Crippen LogP contribution is -2.55. The number of likely N-dealkylation sites (tertiary alicyclic amines) is 1. The Hall–Kier alpha value is -1.10. The number of piperidine rings is 1. The number of nitrogens with zero attached hydrogens (tertiary/aromatic N) is 1. The van der Waals surface area contributed by atoms with E-state index in [2.05, 4.69) is 15.5 Å². The van der Waals surface area contributed by atoms with Crippen molar-refractivity contribution in [2.45, 2.75) is 19.3 Å². The molecule has 0 aromatic rings. The van der Waals surface area contributed by atoms with Gasteiger partial charge < -0.3 is 10.2 Å². The van der Waals surface area contributed by atoms with Crippen molar-refractivity contribution < 1.29 is 9.59 Å². The first kappa shape index (κ1) is 10.4. The van der Waals surface area contributed by atoms with Crippen LogP contribution in [0.4, 0.5) is 4.79 Å². The molecule has 5 heteroatoms. The second-order valence-electron chi connectivity index (χ2n) is 4.26. The minimum absolute atomic E-state index is 0.0826. The van der Waals surface area contributed by atoms with Crippen molar-refractivity contribution >= 4 is 11.9 Å². The first-order chi connectivity index (χ1) is 7.25. The van der Waals surface area contributed by atoms with Gasteiger partial charge in [0.2, 0.25) is 5.91 Å². The standard InChI is InChI=1S/C10H17N3O2/c14-9-8(6-11-10(15)12-9)7-13-4-2-1-3-5-13/h8H,1-7H2,(H2,11,12,14,15). The minimum Gasteiger partial charge on any atom is -0.337 e. The van der Waals surface area contributed by atoms with Crippen LogP contribution in [0.3, 0.4) is 0 Å². The highest BCUT2D eigenvalue weighted by molar-refractivity contribution is 5.98. The van der Waals surface area contributed by atoms with Crippen LogP contribution in [-0.4, -0.2) is 43.0 Å². The molecular formula is C10H17N3O2. The molecule has 15 heavy (non-hydrogen) atoms. The summed E-state index contributed by atoms with van der Waals surface area (Å²) < 4.78 is 0. The van der Waals surface area contributed by atoms with Crippen molar-refractivity contribution in [2.24, 2.45) is 5.92 Å². The molecule has 2 N–H and O–H groups in total. The molecule has 0 saturated carbocycles. The second-order valence-corrected chi connectivity index (χ2v) is 4.26. The molecule has 3 amide bonds. The summed E-state index contributed by atoms with van der Waals surface area (Å²) in [5.41, 5.74) is 0. The lowest BCUT2D eigenvalue weighted by molar-refractivity contribution is -0.125. The predicted molar refractivity (Wildman–Crippen MR) is 55.3 cm³/mol. The molecular weight excluding hydrogens is 194 g/mol. The summed E-state index contributed by atoms with van der Waals surface area (Å²) in [5, 5.41) is 4.96. The fourth-order valence-corrected chi connectivity index (χ4v) is 2.17. The van der Waals surface area contributed by atoms with Crippen LogP contribution in [0, 0.1) is 5.92 Å². The zero-order chi connectivity index (χ0) is 10.7. The Bertz CT molecular complexity index is 261. The van der Waals surface area contributed by atoms with Crippen LogP contribution in [0.5, 0.6) is 0 Å². The van der Waals surface area contributed by atoms with Gasteiger partial charge in [-0.15, -0.1) is 0 Å². The van der Waals surface area contributed by atoms with Crippen molar-refractivity contribution in [1.29, 1.82) is 0 Å². The summed E-state index contributed by atoms with van der Waals surface area (Å²) in [6, 6.07) is -0.366. The topological polar surface area (TPSA) is 61.4 Å². The van der Waals surface area contributed by atoms with Gasteiger partial charge in [-0.05, 0) is 25.9 Å². The first-order valence-corrected chi connectivity index (χ1v) is 5.57. The third-order valence-corrected chi connectivity index (χ3v) is 3.04. The smallest absolute Gasteiger partial charge is 0.321 e. The van der Waals surface area contributed by atoms with Gasteiger partial charge in [-0.1, -0.05) is 6.42 Å². The average molecular weight is 211 g/mol. The van der Waals surface area contributed by atoms with Crippen LogP contribution in [-0.2, 0) is 4.79 Å². The fraction of sp³-hybridized carbons (Fsp3) is 0.800. The van der Waals surface area contributed by atoms with Crippen LogP contribution < -0.4 is 10.6 Å². The Labute approximate surface area is 89.2 Å². The molecule has 2 heterocycles. The van der Waals surface area contributed by atoms with Crippen LogP contribution >= 0.6 is 0 Å². The summed E-state index contributed by atoms with van der Waals surface area (Å²) in [4.78, 5) is 24.6. The van der Waals surface area contributed by atoms with Gasteiger partial charge in [-0.25, -0.2) is 4.79 Å². The number of imide groups is 1. The molecule has 0 spiro atoms. The van der Waals surface area contributed by atoms with Crippen molar-refractivity contribution in [1.82, 2.24) is 15.5 Å². The molecule has 1 unspecified atom stereocenters. The largest absolute Gasteiger partial charge is 0.337 e. The highest BCUT2D eigenvalue weighted by atomic mass is 16.2. The Morgan fingerprint density at radius 1 is 1.20 bits per heavy atom. The summed E-state index contributed by atoms with van der Waals surface area (Å²) in [7, 11) is 0. The fourth-order valence-electron chi connectivity index (χ4n) is 2.17. The Balaban J connectivity index is 1.82. The summed E-state index contributed by atoms with van der Waals surface area (Å²) in [5.74, 6) is -0.217. The second kappa shape index (κ2) is 4.61. The van der Waals surface area contributed by atoms with Gasteiger partial charge in [0.1, 0.15) is 0 Å². The number of hydrogen-bond acceptors (Lipinski definition) is 3. The molecule has 2 aliphatic rings. The van der Waals surface area contributed by atoms with E-state index >= 15 is 0 Å². The van der Waals surface area contributed by atoms with E-state index < -0.39 is 0 Å². The zero-order valence-electron chi connectivity index (χ0n) is 8.79. The molecule has 0 aromatic carbocycles. The van der Waals surface area contributed by atoms with E-state index in [4.69, 9.17) is 0 Å². The van der Waals surface area contributed by atoms with Crippen molar-refractivity contribution in [2.75, 3.05) is 26.2 Å². The Morgan fingerprint density at radius 3 is 2.60 bits per heavy atom. The maximum Gasteiger partial charge on any atom is 0.321 e. The quantitative estimate of drug-likeness (QED) is 0.672. The minimum atomic E-state index is -0.366. The number of rotatable bonds is 2.